The van der Waals surface area contributed by atoms with E-state index in [-0.39, 0.29) is 0 Å². The van der Waals surface area contributed by atoms with Crippen LogP contribution in [0.5, 0.6) is 0 Å². The van der Waals surface area contributed by atoms with Gasteiger partial charge in [0.2, 0.25) is 0 Å². The average Bonchev–Trinajstić information content (AvgIpc) is 2.80. The van der Waals surface area contributed by atoms with Gasteiger partial charge < -0.3 is 0 Å². The molecule has 0 fully saturated rings. The maximum atomic E-state index is 14.0. The number of rotatable bonds is 4. The van der Waals surface area contributed by atoms with Crippen molar-refractivity contribution < 1.29 is 8.78 Å². The van der Waals surface area contributed by atoms with E-state index >= 15 is 0 Å². The van der Waals surface area contributed by atoms with E-state index in [1.54, 1.807) is 24.7 Å². The highest BCUT2D eigenvalue weighted by Crippen LogP contribution is 2.24. The largest absolute Gasteiger partial charge is 0.294 e. The minimum Gasteiger partial charge on any atom is -0.294 e. The first-order valence-corrected chi connectivity index (χ1v) is 10.0. The smallest absolute Gasteiger partial charge is 0.159 e. The highest BCUT2D eigenvalue weighted by atomic mass is 19.1. The molecule has 5 nitrogen and oxygen atoms in total. The summed E-state index contributed by atoms with van der Waals surface area (Å²) in [6, 6.07) is 11.0. The SMILES string of the molecule is Fc1ccc(-c2ccc(CN3CCc4nc(-c5ccncc5)ncc4C3)cn2)c(F)c1. The van der Waals surface area contributed by atoms with Crippen LogP contribution < -0.4 is 0 Å². The molecule has 1 aliphatic heterocycles. The van der Waals surface area contributed by atoms with Gasteiger partial charge in [0, 0.05) is 73.6 Å². The Kier molecular flexibility index (Phi) is 5.18. The van der Waals surface area contributed by atoms with Crippen LogP contribution in [0.4, 0.5) is 8.78 Å². The van der Waals surface area contributed by atoms with Gasteiger partial charge in [0.05, 0.1) is 11.4 Å². The fourth-order valence-corrected chi connectivity index (χ4v) is 3.78. The molecule has 0 N–H and O–H groups in total. The van der Waals surface area contributed by atoms with Gasteiger partial charge in [0.15, 0.2) is 5.82 Å². The summed E-state index contributed by atoms with van der Waals surface area (Å²) in [7, 11) is 0. The minimum absolute atomic E-state index is 0.294. The Morgan fingerprint density at radius 1 is 0.935 bits per heavy atom. The van der Waals surface area contributed by atoms with Crippen molar-refractivity contribution in [2.45, 2.75) is 19.5 Å². The molecule has 5 rings (SSSR count). The van der Waals surface area contributed by atoms with E-state index < -0.39 is 11.6 Å². The lowest BCUT2D eigenvalue weighted by Gasteiger charge is -2.28. The lowest BCUT2D eigenvalue weighted by Crippen LogP contribution is -2.31. The number of hydrogen-bond donors (Lipinski definition) is 0. The van der Waals surface area contributed by atoms with Crippen molar-refractivity contribution in [2.24, 2.45) is 0 Å². The molecule has 0 bridgehead atoms. The lowest BCUT2D eigenvalue weighted by atomic mass is 10.1. The quantitative estimate of drug-likeness (QED) is 0.493. The average molecular weight is 415 g/mol. The molecule has 0 unspecified atom stereocenters. The van der Waals surface area contributed by atoms with Gasteiger partial charge in [0.1, 0.15) is 11.6 Å². The zero-order valence-electron chi connectivity index (χ0n) is 16.7. The molecule has 3 aromatic heterocycles. The summed E-state index contributed by atoms with van der Waals surface area (Å²) < 4.78 is 27.1. The summed E-state index contributed by atoms with van der Waals surface area (Å²) in [5, 5.41) is 0. The summed E-state index contributed by atoms with van der Waals surface area (Å²) >= 11 is 0. The summed E-state index contributed by atoms with van der Waals surface area (Å²) in [5.74, 6) is -0.485. The zero-order chi connectivity index (χ0) is 21.2. The van der Waals surface area contributed by atoms with Gasteiger partial charge in [-0.1, -0.05) is 6.07 Å². The van der Waals surface area contributed by atoms with Crippen LogP contribution >= 0.6 is 0 Å². The third-order valence-electron chi connectivity index (χ3n) is 5.39. The van der Waals surface area contributed by atoms with Crippen LogP contribution in [0, 0.1) is 11.6 Å². The van der Waals surface area contributed by atoms with Gasteiger partial charge in [-0.05, 0) is 35.9 Å². The predicted molar refractivity (Wildman–Crippen MR) is 113 cm³/mol. The first-order valence-electron chi connectivity index (χ1n) is 10.0. The van der Waals surface area contributed by atoms with Crippen molar-refractivity contribution in [3.63, 3.8) is 0 Å². The number of benzene rings is 1. The van der Waals surface area contributed by atoms with Crippen LogP contribution in [0.3, 0.4) is 0 Å². The number of pyridine rings is 2. The Bertz CT molecular complexity index is 1210. The summed E-state index contributed by atoms with van der Waals surface area (Å²) in [6.07, 6.45) is 7.98. The maximum absolute atomic E-state index is 14.0. The topological polar surface area (TPSA) is 54.8 Å². The summed E-state index contributed by atoms with van der Waals surface area (Å²) in [4.78, 5) is 20.0. The summed E-state index contributed by atoms with van der Waals surface area (Å²) in [5.41, 5.74) is 4.98. The Morgan fingerprint density at radius 2 is 1.81 bits per heavy atom. The van der Waals surface area contributed by atoms with Gasteiger partial charge >= 0.3 is 0 Å². The number of fused-ring (bicyclic) bond motifs is 1. The highest BCUT2D eigenvalue weighted by molar-refractivity contribution is 5.59. The van der Waals surface area contributed by atoms with Crippen LogP contribution in [-0.4, -0.2) is 31.4 Å². The van der Waals surface area contributed by atoms with E-state index in [4.69, 9.17) is 4.98 Å². The van der Waals surface area contributed by atoms with E-state index in [9.17, 15) is 8.78 Å². The normalized spacial score (nSPS) is 13.7. The highest BCUT2D eigenvalue weighted by Gasteiger charge is 2.19. The second kappa shape index (κ2) is 8.28. The van der Waals surface area contributed by atoms with E-state index in [0.717, 1.165) is 60.3 Å². The Labute approximate surface area is 178 Å². The summed E-state index contributed by atoms with van der Waals surface area (Å²) in [6.45, 7) is 2.37. The molecule has 0 atom stereocenters. The van der Waals surface area contributed by atoms with Crippen LogP contribution in [0.2, 0.25) is 0 Å². The molecule has 0 radical (unpaired) electrons. The van der Waals surface area contributed by atoms with Crippen molar-refractivity contribution in [2.75, 3.05) is 6.54 Å². The van der Waals surface area contributed by atoms with E-state index in [2.05, 4.69) is 19.9 Å². The van der Waals surface area contributed by atoms with E-state index in [0.29, 0.717) is 11.3 Å². The zero-order valence-corrected chi connectivity index (χ0v) is 16.7. The standard InChI is InChI=1S/C24H19F2N5/c25-19-2-3-20(21(26)11-19)23-4-1-16(12-28-23)14-31-10-7-22-18(15-31)13-29-24(30-22)17-5-8-27-9-6-17/h1-6,8-9,11-13H,7,10,14-15H2. The number of nitrogens with zero attached hydrogens (tertiary/aromatic N) is 5. The van der Waals surface area contributed by atoms with Gasteiger partial charge in [-0.25, -0.2) is 18.7 Å². The predicted octanol–water partition coefficient (Wildman–Crippen LogP) is 4.44. The second-order valence-corrected chi connectivity index (χ2v) is 7.54. The molecule has 0 saturated heterocycles. The first-order chi connectivity index (χ1) is 15.2. The van der Waals surface area contributed by atoms with Crippen molar-refractivity contribution in [1.82, 2.24) is 24.8 Å². The molecule has 0 aliphatic carbocycles. The Morgan fingerprint density at radius 3 is 2.58 bits per heavy atom. The molecule has 31 heavy (non-hydrogen) atoms. The molecule has 0 amide bonds. The van der Waals surface area contributed by atoms with Gasteiger partial charge in [0.25, 0.3) is 0 Å². The molecule has 0 saturated carbocycles. The second-order valence-electron chi connectivity index (χ2n) is 7.54. The molecule has 0 spiro atoms. The number of hydrogen-bond acceptors (Lipinski definition) is 5. The van der Waals surface area contributed by atoms with Crippen molar-refractivity contribution in [1.29, 1.82) is 0 Å². The lowest BCUT2D eigenvalue weighted by molar-refractivity contribution is 0.242. The number of halogens is 2. The van der Waals surface area contributed by atoms with Crippen LogP contribution in [-0.2, 0) is 19.5 Å². The van der Waals surface area contributed by atoms with Crippen molar-refractivity contribution in [3.8, 4) is 22.6 Å². The Balaban J connectivity index is 1.28. The molecule has 154 valence electrons. The third-order valence-corrected chi connectivity index (χ3v) is 5.39. The third kappa shape index (κ3) is 4.18. The molecule has 7 heteroatoms. The molecule has 4 heterocycles. The van der Waals surface area contributed by atoms with Gasteiger partial charge in [-0.15, -0.1) is 0 Å². The molecular formula is C24H19F2N5. The minimum atomic E-state index is -0.612. The maximum Gasteiger partial charge on any atom is 0.159 e. The van der Waals surface area contributed by atoms with Gasteiger partial charge in [-0.2, -0.15) is 0 Å². The number of aromatic nitrogens is 4. The molecule has 4 aromatic rings. The van der Waals surface area contributed by atoms with Crippen molar-refractivity contribution in [3.05, 3.63) is 95.7 Å². The van der Waals surface area contributed by atoms with Gasteiger partial charge in [-0.3, -0.25) is 14.9 Å². The first kappa shape index (κ1) is 19.4. The molecular weight excluding hydrogens is 396 g/mol. The fraction of sp³-hybridized carbons (Fsp3) is 0.167. The van der Waals surface area contributed by atoms with Crippen molar-refractivity contribution >= 4 is 0 Å². The molecule has 1 aromatic carbocycles. The van der Waals surface area contributed by atoms with Crippen LogP contribution in [0.1, 0.15) is 16.8 Å². The van der Waals surface area contributed by atoms with E-state index in [1.807, 2.05) is 24.4 Å². The van der Waals surface area contributed by atoms with E-state index in [1.165, 1.54) is 12.1 Å². The van der Waals surface area contributed by atoms with Crippen LogP contribution in [0.25, 0.3) is 22.6 Å². The fourth-order valence-electron chi connectivity index (χ4n) is 3.78. The molecule has 1 aliphatic rings. The van der Waals surface area contributed by atoms with Crippen LogP contribution in [0.15, 0.2) is 67.3 Å². The monoisotopic (exact) mass is 415 g/mol. The Hall–Kier alpha value is -3.58.